The van der Waals surface area contributed by atoms with E-state index in [0.717, 1.165) is 39.4 Å². The predicted octanol–water partition coefficient (Wildman–Crippen LogP) is 1.36. The normalized spacial score (nSPS) is 11.6. The second-order valence-corrected chi connectivity index (χ2v) is 4.57. The van der Waals surface area contributed by atoms with Gasteiger partial charge < -0.3 is 14.8 Å². The molecule has 0 saturated carbocycles. The number of unbranched alkanes of at least 4 members (excludes halogenated alkanes) is 1. The molecule has 0 radical (unpaired) electrons. The Bertz CT molecular complexity index is 154. The molecule has 0 aliphatic rings. The lowest BCUT2D eigenvalue weighted by Crippen LogP contribution is -2.35. The van der Waals surface area contributed by atoms with Crippen LogP contribution in [0.1, 0.15) is 26.7 Å². The third kappa shape index (κ3) is 10.7. The van der Waals surface area contributed by atoms with Gasteiger partial charge >= 0.3 is 0 Å². The maximum atomic E-state index is 5.13. The summed E-state index contributed by atoms with van der Waals surface area (Å²) >= 11 is 0. The largest absolute Gasteiger partial charge is 0.383 e. The number of hydrogen-bond acceptors (Lipinski definition) is 4. The van der Waals surface area contributed by atoms with Gasteiger partial charge in [0.2, 0.25) is 0 Å². The van der Waals surface area contributed by atoms with Crippen LogP contribution in [-0.4, -0.2) is 64.6 Å². The van der Waals surface area contributed by atoms with Crippen molar-refractivity contribution in [2.75, 3.05) is 53.6 Å². The van der Waals surface area contributed by atoms with Crippen LogP contribution in [0.2, 0.25) is 0 Å². The molecule has 4 heteroatoms. The molecule has 4 nitrogen and oxygen atoms in total. The van der Waals surface area contributed by atoms with E-state index < -0.39 is 0 Å². The summed E-state index contributed by atoms with van der Waals surface area (Å²) in [6.07, 6.45) is 2.46. The first-order valence-corrected chi connectivity index (χ1v) is 6.65. The van der Waals surface area contributed by atoms with E-state index in [0.29, 0.717) is 6.04 Å². The molecule has 17 heavy (non-hydrogen) atoms. The average Bonchev–Trinajstić information content (AvgIpc) is 2.31. The minimum atomic E-state index is 0.603. The first kappa shape index (κ1) is 16.8. The molecule has 0 fully saturated rings. The summed E-state index contributed by atoms with van der Waals surface area (Å²) in [5, 5.41) is 3.36. The van der Waals surface area contributed by atoms with Gasteiger partial charge in [-0.3, -0.25) is 4.90 Å². The Morgan fingerprint density at radius 1 is 0.941 bits per heavy atom. The Morgan fingerprint density at radius 2 is 1.65 bits per heavy atom. The van der Waals surface area contributed by atoms with Crippen molar-refractivity contribution in [3.8, 4) is 0 Å². The molecule has 0 saturated heterocycles. The summed E-state index contributed by atoms with van der Waals surface area (Å²) in [5.74, 6) is 0. The van der Waals surface area contributed by atoms with Crippen LogP contribution >= 0.6 is 0 Å². The van der Waals surface area contributed by atoms with Crippen LogP contribution in [0, 0.1) is 0 Å². The Morgan fingerprint density at radius 3 is 2.24 bits per heavy atom. The summed E-state index contributed by atoms with van der Waals surface area (Å²) in [4.78, 5) is 2.47. The Hall–Kier alpha value is -0.160. The van der Waals surface area contributed by atoms with E-state index in [1.54, 1.807) is 14.2 Å². The molecule has 104 valence electrons. The van der Waals surface area contributed by atoms with Crippen molar-refractivity contribution in [2.45, 2.75) is 32.7 Å². The van der Waals surface area contributed by atoms with Gasteiger partial charge in [0.05, 0.1) is 13.2 Å². The van der Waals surface area contributed by atoms with Crippen molar-refractivity contribution in [3.05, 3.63) is 0 Å². The lowest BCUT2D eigenvalue weighted by molar-refractivity contribution is 0.128. The Labute approximate surface area is 107 Å². The van der Waals surface area contributed by atoms with E-state index in [-0.39, 0.29) is 0 Å². The van der Waals surface area contributed by atoms with E-state index >= 15 is 0 Å². The van der Waals surface area contributed by atoms with Crippen LogP contribution in [0.5, 0.6) is 0 Å². The molecule has 0 spiro atoms. The summed E-state index contributed by atoms with van der Waals surface area (Å²) < 4.78 is 10.1. The zero-order valence-corrected chi connectivity index (χ0v) is 12.0. The molecular weight excluding hydrogens is 216 g/mol. The maximum absolute atomic E-state index is 5.13. The van der Waals surface area contributed by atoms with Crippen LogP contribution < -0.4 is 5.32 Å². The monoisotopic (exact) mass is 246 g/mol. The Balaban J connectivity index is 3.41. The van der Waals surface area contributed by atoms with Gasteiger partial charge in [0.1, 0.15) is 0 Å². The standard InChI is InChI=1S/C13H30N2O2/c1-13(2)15(10-12-17-4)9-6-5-7-14-8-11-16-3/h13-14H,5-12H2,1-4H3. The quantitative estimate of drug-likeness (QED) is 0.527. The topological polar surface area (TPSA) is 33.7 Å². The molecule has 0 aromatic heterocycles. The van der Waals surface area contributed by atoms with Crippen LogP contribution in [-0.2, 0) is 9.47 Å². The summed E-state index contributed by atoms with van der Waals surface area (Å²) in [6.45, 7) is 10.3. The number of rotatable bonds is 12. The fourth-order valence-electron chi connectivity index (χ4n) is 1.70. The van der Waals surface area contributed by atoms with Crippen LogP contribution in [0.15, 0.2) is 0 Å². The highest BCUT2D eigenvalue weighted by molar-refractivity contribution is 4.63. The minimum absolute atomic E-state index is 0.603. The van der Waals surface area contributed by atoms with Crippen molar-refractivity contribution in [2.24, 2.45) is 0 Å². The second kappa shape index (κ2) is 12.3. The molecule has 0 aromatic carbocycles. The molecule has 0 heterocycles. The van der Waals surface area contributed by atoms with Gasteiger partial charge in [0, 0.05) is 33.4 Å². The summed E-state index contributed by atoms with van der Waals surface area (Å²) in [6, 6.07) is 0.603. The van der Waals surface area contributed by atoms with Gasteiger partial charge in [-0.05, 0) is 39.8 Å². The third-order valence-corrected chi connectivity index (χ3v) is 2.84. The molecule has 0 rings (SSSR count). The number of nitrogens with one attached hydrogen (secondary N) is 1. The van der Waals surface area contributed by atoms with Crippen molar-refractivity contribution < 1.29 is 9.47 Å². The minimum Gasteiger partial charge on any atom is -0.383 e. The number of hydrogen-bond donors (Lipinski definition) is 1. The van der Waals surface area contributed by atoms with Crippen LogP contribution in [0.25, 0.3) is 0 Å². The highest BCUT2D eigenvalue weighted by Crippen LogP contribution is 2.01. The molecule has 0 bridgehead atoms. The molecule has 0 aromatic rings. The lowest BCUT2D eigenvalue weighted by atomic mass is 10.2. The number of nitrogens with zero attached hydrogens (tertiary/aromatic N) is 1. The highest BCUT2D eigenvalue weighted by atomic mass is 16.5. The number of methoxy groups -OCH3 is 2. The van der Waals surface area contributed by atoms with Gasteiger partial charge in [0.15, 0.2) is 0 Å². The molecule has 0 amide bonds. The fourth-order valence-corrected chi connectivity index (χ4v) is 1.70. The van der Waals surface area contributed by atoms with Crippen molar-refractivity contribution >= 4 is 0 Å². The van der Waals surface area contributed by atoms with Gasteiger partial charge in [-0.15, -0.1) is 0 Å². The molecule has 1 N–H and O–H groups in total. The zero-order valence-electron chi connectivity index (χ0n) is 12.0. The first-order chi connectivity index (χ1) is 8.22. The van der Waals surface area contributed by atoms with Crippen LogP contribution in [0.3, 0.4) is 0 Å². The smallest absolute Gasteiger partial charge is 0.0589 e. The number of ether oxygens (including phenoxy) is 2. The molecule has 0 unspecified atom stereocenters. The average molecular weight is 246 g/mol. The van der Waals surface area contributed by atoms with Crippen LogP contribution in [0.4, 0.5) is 0 Å². The third-order valence-electron chi connectivity index (χ3n) is 2.84. The van der Waals surface area contributed by atoms with E-state index in [2.05, 4.69) is 24.1 Å². The molecule has 0 aliphatic heterocycles. The summed E-state index contributed by atoms with van der Waals surface area (Å²) in [5.41, 5.74) is 0. The second-order valence-electron chi connectivity index (χ2n) is 4.57. The van der Waals surface area contributed by atoms with E-state index in [4.69, 9.17) is 9.47 Å². The SMILES string of the molecule is COCCNCCCCN(CCOC)C(C)C. The van der Waals surface area contributed by atoms with E-state index in [9.17, 15) is 0 Å². The zero-order chi connectivity index (χ0) is 12.9. The maximum Gasteiger partial charge on any atom is 0.0589 e. The molecule has 0 aliphatic carbocycles. The van der Waals surface area contributed by atoms with Crippen molar-refractivity contribution in [1.82, 2.24) is 10.2 Å². The Kier molecular flexibility index (Phi) is 12.2. The first-order valence-electron chi connectivity index (χ1n) is 6.65. The van der Waals surface area contributed by atoms with Crippen molar-refractivity contribution in [1.29, 1.82) is 0 Å². The van der Waals surface area contributed by atoms with Crippen molar-refractivity contribution in [3.63, 3.8) is 0 Å². The van der Waals surface area contributed by atoms with Gasteiger partial charge in [-0.2, -0.15) is 0 Å². The highest BCUT2D eigenvalue weighted by Gasteiger charge is 2.07. The predicted molar refractivity (Wildman–Crippen MR) is 72.6 cm³/mol. The lowest BCUT2D eigenvalue weighted by Gasteiger charge is -2.26. The van der Waals surface area contributed by atoms with Gasteiger partial charge in [-0.25, -0.2) is 0 Å². The molecular formula is C13H30N2O2. The van der Waals surface area contributed by atoms with E-state index in [1.165, 1.54) is 12.8 Å². The van der Waals surface area contributed by atoms with Gasteiger partial charge in [-0.1, -0.05) is 0 Å². The van der Waals surface area contributed by atoms with E-state index in [1.807, 2.05) is 0 Å². The fraction of sp³-hybridized carbons (Fsp3) is 1.00. The summed E-state index contributed by atoms with van der Waals surface area (Å²) in [7, 11) is 3.50. The molecule has 0 atom stereocenters. The van der Waals surface area contributed by atoms with Gasteiger partial charge in [0.25, 0.3) is 0 Å².